The fraction of sp³-hybridized carbons (Fsp3) is 0.409. The Hall–Kier alpha value is -2.60. The molecular formula is C22H24ClN3O3. The first-order valence-corrected chi connectivity index (χ1v) is 10.4. The number of hydrogen-bond acceptors (Lipinski definition) is 5. The number of oxime groups is 1. The first-order chi connectivity index (χ1) is 14.1. The third-order valence-corrected chi connectivity index (χ3v) is 5.68. The topological polar surface area (TPSA) is 83.8 Å². The van der Waals surface area contributed by atoms with E-state index in [-0.39, 0.29) is 11.9 Å². The summed E-state index contributed by atoms with van der Waals surface area (Å²) in [5.74, 6) is 0.876. The first kappa shape index (κ1) is 19.7. The summed E-state index contributed by atoms with van der Waals surface area (Å²) in [5.41, 5.74) is 2.71. The van der Waals surface area contributed by atoms with Crippen LogP contribution in [-0.4, -0.2) is 34.5 Å². The van der Waals surface area contributed by atoms with Crippen molar-refractivity contribution in [2.45, 2.75) is 44.6 Å². The number of hydrogen-bond donors (Lipinski definition) is 2. The van der Waals surface area contributed by atoms with Gasteiger partial charge in [-0.05, 0) is 61.8 Å². The normalized spacial score (nSPS) is 20.4. The lowest BCUT2D eigenvalue weighted by molar-refractivity contribution is 0.0943. The lowest BCUT2D eigenvalue weighted by atomic mass is 9.93. The Morgan fingerprint density at radius 1 is 1.24 bits per heavy atom. The number of amides is 1. The highest BCUT2D eigenvalue weighted by Crippen LogP contribution is 2.33. The average Bonchev–Trinajstić information content (AvgIpc) is 3.58. The minimum Gasteiger partial charge on any atom is -0.477 e. The molecule has 0 spiro atoms. The van der Waals surface area contributed by atoms with Gasteiger partial charge >= 0.3 is 0 Å². The number of halogens is 1. The molecule has 0 saturated heterocycles. The van der Waals surface area contributed by atoms with Crippen molar-refractivity contribution in [1.82, 2.24) is 10.3 Å². The summed E-state index contributed by atoms with van der Waals surface area (Å²) in [7, 11) is 0. The van der Waals surface area contributed by atoms with Gasteiger partial charge in [-0.25, -0.2) is 4.98 Å². The van der Waals surface area contributed by atoms with Gasteiger partial charge in [0.2, 0.25) is 5.88 Å². The van der Waals surface area contributed by atoms with Crippen molar-refractivity contribution in [3.05, 3.63) is 47.1 Å². The molecule has 2 fully saturated rings. The van der Waals surface area contributed by atoms with Crippen molar-refractivity contribution in [2.75, 3.05) is 6.61 Å². The monoisotopic (exact) mass is 413 g/mol. The number of carbonyl (C=O) groups is 1. The van der Waals surface area contributed by atoms with Crippen molar-refractivity contribution < 1.29 is 14.7 Å². The smallest absolute Gasteiger partial charge is 0.253 e. The number of rotatable bonds is 6. The second kappa shape index (κ2) is 8.82. The van der Waals surface area contributed by atoms with E-state index in [0.717, 1.165) is 30.4 Å². The van der Waals surface area contributed by atoms with Gasteiger partial charge in [-0.3, -0.25) is 4.79 Å². The van der Waals surface area contributed by atoms with Crippen LogP contribution >= 0.6 is 11.6 Å². The van der Waals surface area contributed by atoms with E-state index in [0.29, 0.717) is 41.1 Å². The molecule has 2 aromatic rings. The molecule has 6 nitrogen and oxygen atoms in total. The Morgan fingerprint density at radius 3 is 2.76 bits per heavy atom. The van der Waals surface area contributed by atoms with Gasteiger partial charge in [-0.15, -0.1) is 0 Å². The van der Waals surface area contributed by atoms with Crippen LogP contribution in [0.3, 0.4) is 0 Å². The largest absolute Gasteiger partial charge is 0.477 e. The lowest BCUT2D eigenvalue weighted by Crippen LogP contribution is -2.42. The van der Waals surface area contributed by atoms with E-state index < -0.39 is 0 Å². The summed E-state index contributed by atoms with van der Waals surface area (Å²) in [6.07, 6.45) is 7.34. The Bertz CT molecular complexity index is 910. The van der Waals surface area contributed by atoms with Crippen LogP contribution in [0.15, 0.2) is 41.7 Å². The standard InChI is InChI=1S/C22H24ClN3O3/c23-17-9-7-15(8-10-17)18-11-16(12-24-22(18)29-13-14-5-6-14)21(27)25-19-3-1-2-4-20(19)26-28/h7-12,14,19,28H,1-6,13H2,(H,25,27)/b26-20-/t19-/m0/s1. The van der Waals surface area contributed by atoms with Gasteiger partial charge in [0, 0.05) is 16.8 Å². The van der Waals surface area contributed by atoms with Crippen LogP contribution in [0.25, 0.3) is 11.1 Å². The summed E-state index contributed by atoms with van der Waals surface area (Å²) in [4.78, 5) is 17.3. The molecule has 152 valence electrons. The second-order valence-electron chi connectivity index (χ2n) is 7.70. The quantitative estimate of drug-likeness (QED) is 0.531. The van der Waals surface area contributed by atoms with E-state index in [9.17, 15) is 10.0 Å². The van der Waals surface area contributed by atoms with Crippen LogP contribution in [0.1, 0.15) is 48.9 Å². The van der Waals surface area contributed by atoms with Gasteiger partial charge in [0.1, 0.15) is 0 Å². The number of pyridine rings is 1. The summed E-state index contributed by atoms with van der Waals surface area (Å²) in [5, 5.41) is 16.2. The minimum absolute atomic E-state index is 0.241. The van der Waals surface area contributed by atoms with Crippen LogP contribution in [0.2, 0.25) is 5.02 Å². The predicted octanol–water partition coefficient (Wildman–Crippen LogP) is 4.69. The predicted molar refractivity (Wildman–Crippen MR) is 112 cm³/mol. The van der Waals surface area contributed by atoms with Crippen molar-refractivity contribution in [1.29, 1.82) is 0 Å². The molecule has 7 heteroatoms. The van der Waals surface area contributed by atoms with E-state index in [2.05, 4.69) is 15.5 Å². The molecule has 1 aromatic heterocycles. The molecule has 1 aromatic carbocycles. The maximum atomic E-state index is 12.8. The Balaban J connectivity index is 1.58. The van der Waals surface area contributed by atoms with Gasteiger partial charge in [0.25, 0.3) is 5.91 Å². The molecule has 1 heterocycles. The zero-order valence-electron chi connectivity index (χ0n) is 16.1. The number of ether oxygens (including phenoxy) is 1. The molecule has 2 aliphatic rings. The molecule has 1 amide bonds. The van der Waals surface area contributed by atoms with Crippen LogP contribution < -0.4 is 10.1 Å². The Morgan fingerprint density at radius 2 is 2.03 bits per heavy atom. The second-order valence-corrected chi connectivity index (χ2v) is 8.14. The van der Waals surface area contributed by atoms with Crippen LogP contribution in [-0.2, 0) is 0 Å². The van der Waals surface area contributed by atoms with Gasteiger partial charge in [-0.1, -0.05) is 35.3 Å². The third kappa shape index (κ3) is 4.88. The van der Waals surface area contributed by atoms with Crippen LogP contribution in [0, 0.1) is 5.92 Å². The third-order valence-electron chi connectivity index (χ3n) is 5.43. The maximum Gasteiger partial charge on any atom is 0.253 e. The molecule has 2 N–H and O–H groups in total. The van der Waals surface area contributed by atoms with E-state index in [1.165, 1.54) is 19.0 Å². The molecule has 4 rings (SSSR count). The highest BCUT2D eigenvalue weighted by Gasteiger charge is 2.25. The summed E-state index contributed by atoms with van der Waals surface area (Å²) >= 11 is 6.02. The van der Waals surface area contributed by atoms with Gasteiger partial charge in [-0.2, -0.15) is 0 Å². The van der Waals surface area contributed by atoms with Crippen LogP contribution in [0.5, 0.6) is 5.88 Å². The lowest BCUT2D eigenvalue weighted by Gasteiger charge is -2.24. The van der Waals surface area contributed by atoms with Crippen molar-refractivity contribution in [3.8, 4) is 17.0 Å². The van der Waals surface area contributed by atoms with Crippen molar-refractivity contribution in [3.63, 3.8) is 0 Å². The van der Waals surface area contributed by atoms with Gasteiger partial charge in [0.05, 0.1) is 23.9 Å². The summed E-state index contributed by atoms with van der Waals surface area (Å²) in [6, 6.07) is 8.95. The number of carbonyl (C=O) groups excluding carboxylic acids is 1. The van der Waals surface area contributed by atoms with E-state index in [1.807, 2.05) is 12.1 Å². The average molecular weight is 414 g/mol. The number of aromatic nitrogens is 1. The highest BCUT2D eigenvalue weighted by atomic mass is 35.5. The number of benzene rings is 1. The van der Waals surface area contributed by atoms with E-state index in [4.69, 9.17) is 16.3 Å². The van der Waals surface area contributed by atoms with Crippen molar-refractivity contribution in [2.24, 2.45) is 11.1 Å². The molecule has 0 radical (unpaired) electrons. The molecule has 2 saturated carbocycles. The zero-order valence-corrected chi connectivity index (χ0v) is 16.9. The molecule has 2 aliphatic carbocycles. The maximum absolute atomic E-state index is 12.8. The SMILES string of the molecule is O=C(N[C@H]1CCCC/C1=N/O)c1cnc(OCC2CC2)c(-c2ccc(Cl)cc2)c1. The fourth-order valence-electron chi connectivity index (χ4n) is 3.52. The Kier molecular flexibility index (Phi) is 6.00. The zero-order chi connectivity index (χ0) is 20.2. The minimum atomic E-state index is -0.244. The fourth-order valence-corrected chi connectivity index (χ4v) is 3.65. The number of nitrogens with one attached hydrogen (secondary N) is 1. The summed E-state index contributed by atoms with van der Waals surface area (Å²) < 4.78 is 5.94. The number of nitrogens with zero attached hydrogens (tertiary/aromatic N) is 2. The molecule has 29 heavy (non-hydrogen) atoms. The molecule has 0 aliphatic heterocycles. The Labute approximate surface area is 174 Å². The van der Waals surface area contributed by atoms with E-state index >= 15 is 0 Å². The van der Waals surface area contributed by atoms with Gasteiger partial charge in [0.15, 0.2) is 0 Å². The molecule has 0 bridgehead atoms. The molecule has 0 unspecified atom stereocenters. The van der Waals surface area contributed by atoms with Crippen LogP contribution in [0.4, 0.5) is 0 Å². The van der Waals surface area contributed by atoms with E-state index in [1.54, 1.807) is 18.2 Å². The van der Waals surface area contributed by atoms with Gasteiger partial charge < -0.3 is 15.3 Å². The first-order valence-electron chi connectivity index (χ1n) is 10.0. The molecule has 1 atom stereocenters. The molecular weight excluding hydrogens is 390 g/mol. The van der Waals surface area contributed by atoms with Crippen molar-refractivity contribution >= 4 is 23.2 Å². The summed E-state index contributed by atoms with van der Waals surface area (Å²) in [6.45, 7) is 0.636. The highest BCUT2D eigenvalue weighted by molar-refractivity contribution is 6.30.